The molecular formula is C18H28N2O. The molecule has 2 unspecified atom stereocenters. The van der Waals surface area contributed by atoms with Gasteiger partial charge in [0.15, 0.2) is 0 Å². The van der Waals surface area contributed by atoms with E-state index in [1.807, 2.05) is 0 Å². The summed E-state index contributed by atoms with van der Waals surface area (Å²) in [6.07, 6.45) is 3.37. The predicted molar refractivity (Wildman–Crippen MR) is 86.3 cm³/mol. The van der Waals surface area contributed by atoms with Crippen LogP contribution in [0.25, 0.3) is 0 Å². The molecule has 21 heavy (non-hydrogen) atoms. The molecule has 1 aromatic carbocycles. The van der Waals surface area contributed by atoms with Crippen LogP contribution in [0, 0.1) is 0 Å². The minimum absolute atomic E-state index is 0.385. The maximum Gasteiger partial charge on any atom is 0.0678 e. The van der Waals surface area contributed by atoms with Gasteiger partial charge in [-0.1, -0.05) is 30.3 Å². The molecule has 2 aliphatic rings. The molecule has 0 radical (unpaired) electrons. The fourth-order valence-electron chi connectivity index (χ4n) is 3.80. The second kappa shape index (κ2) is 6.91. The van der Waals surface area contributed by atoms with Crippen molar-refractivity contribution in [3.8, 4) is 0 Å². The normalized spacial score (nSPS) is 29.6. The Balaban J connectivity index is 1.48. The van der Waals surface area contributed by atoms with Crippen molar-refractivity contribution < 1.29 is 4.74 Å². The van der Waals surface area contributed by atoms with Crippen LogP contribution in [0.15, 0.2) is 30.3 Å². The summed E-state index contributed by atoms with van der Waals surface area (Å²) in [5.41, 5.74) is 1.43. The quantitative estimate of drug-likeness (QED) is 0.850. The Morgan fingerprint density at radius 1 is 1.00 bits per heavy atom. The average Bonchev–Trinajstić information content (AvgIpc) is 2.48. The topological polar surface area (TPSA) is 15.7 Å². The lowest BCUT2D eigenvalue weighted by Crippen LogP contribution is -2.53. The van der Waals surface area contributed by atoms with Crippen LogP contribution in [-0.2, 0) is 11.3 Å². The zero-order valence-corrected chi connectivity index (χ0v) is 13.4. The largest absolute Gasteiger partial charge is 0.373 e. The van der Waals surface area contributed by atoms with Crippen LogP contribution >= 0.6 is 0 Å². The molecule has 0 spiro atoms. The van der Waals surface area contributed by atoms with E-state index in [0.717, 1.165) is 25.7 Å². The second-order valence-electron chi connectivity index (χ2n) is 6.70. The van der Waals surface area contributed by atoms with E-state index in [0.29, 0.717) is 12.2 Å². The van der Waals surface area contributed by atoms with Gasteiger partial charge in [-0.25, -0.2) is 0 Å². The zero-order valence-electron chi connectivity index (χ0n) is 13.4. The summed E-state index contributed by atoms with van der Waals surface area (Å²) in [6, 6.07) is 11.6. The molecule has 0 bridgehead atoms. The van der Waals surface area contributed by atoms with E-state index in [-0.39, 0.29) is 0 Å². The highest BCUT2D eigenvalue weighted by Gasteiger charge is 2.30. The van der Waals surface area contributed by atoms with Crippen LogP contribution in [0.5, 0.6) is 0 Å². The summed E-state index contributed by atoms with van der Waals surface area (Å²) < 4.78 is 5.86. The van der Waals surface area contributed by atoms with Crippen molar-refractivity contribution >= 4 is 0 Å². The SMILES string of the molecule is CC1CN(C2CCN(Cc3ccccc3)CC2)CC(C)O1. The molecule has 2 saturated heterocycles. The Hall–Kier alpha value is -0.900. The van der Waals surface area contributed by atoms with Gasteiger partial charge < -0.3 is 4.74 Å². The fourth-order valence-corrected chi connectivity index (χ4v) is 3.80. The molecular weight excluding hydrogens is 260 g/mol. The third kappa shape index (κ3) is 4.06. The summed E-state index contributed by atoms with van der Waals surface area (Å²) >= 11 is 0. The van der Waals surface area contributed by atoms with Gasteiger partial charge in [-0.3, -0.25) is 9.80 Å². The molecule has 1 aromatic rings. The summed E-state index contributed by atoms with van der Waals surface area (Å²) in [7, 11) is 0. The molecule has 0 aliphatic carbocycles. The van der Waals surface area contributed by atoms with E-state index >= 15 is 0 Å². The van der Waals surface area contributed by atoms with E-state index in [4.69, 9.17) is 4.74 Å². The van der Waals surface area contributed by atoms with Gasteiger partial charge >= 0.3 is 0 Å². The summed E-state index contributed by atoms with van der Waals surface area (Å²) in [4.78, 5) is 5.26. The molecule has 2 heterocycles. The van der Waals surface area contributed by atoms with Crippen molar-refractivity contribution in [3.05, 3.63) is 35.9 Å². The lowest BCUT2D eigenvalue weighted by molar-refractivity contribution is -0.0865. The maximum absolute atomic E-state index is 5.86. The number of benzene rings is 1. The van der Waals surface area contributed by atoms with Crippen LogP contribution in [0.2, 0.25) is 0 Å². The number of hydrogen-bond acceptors (Lipinski definition) is 3. The Morgan fingerprint density at radius 3 is 2.24 bits per heavy atom. The number of nitrogens with zero attached hydrogens (tertiary/aromatic N) is 2. The highest BCUT2D eigenvalue weighted by atomic mass is 16.5. The third-order valence-corrected chi connectivity index (χ3v) is 4.77. The molecule has 0 N–H and O–H groups in total. The number of ether oxygens (including phenoxy) is 1. The van der Waals surface area contributed by atoms with Crippen LogP contribution in [0.1, 0.15) is 32.3 Å². The highest BCUT2D eigenvalue weighted by Crippen LogP contribution is 2.22. The molecule has 3 rings (SSSR count). The van der Waals surface area contributed by atoms with Gasteiger partial charge in [0, 0.05) is 25.7 Å². The van der Waals surface area contributed by atoms with Crippen molar-refractivity contribution in [1.82, 2.24) is 9.80 Å². The van der Waals surface area contributed by atoms with Gasteiger partial charge in [0.05, 0.1) is 12.2 Å². The minimum atomic E-state index is 0.385. The first-order chi connectivity index (χ1) is 10.2. The van der Waals surface area contributed by atoms with Gasteiger partial charge in [0.25, 0.3) is 0 Å². The Morgan fingerprint density at radius 2 is 1.62 bits per heavy atom. The number of rotatable bonds is 3. The minimum Gasteiger partial charge on any atom is -0.373 e. The molecule has 116 valence electrons. The fraction of sp³-hybridized carbons (Fsp3) is 0.667. The summed E-state index contributed by atoms with van der Waals surface area (Å²) in [6.45, 7) is 10.2. The standard InChI is InChI=1S/C18H28N2O/c1-15-12-20(13-16(2)21-15)18-8-10-19(11-9-18)14-17-6-4-3-5-7-17/h3-7,15-16,18H,8-14H2,1-2H3. The number of piperidine rings is 1. The first-order valence-electron chi connectivity index (χ1n) is 8.36. The van der Waals surface area contributed by atoms with E-state index in [1.165, 1.54) is 31.5 Å². The van der Waals surface area contributed by atoms with Crippen molar-refractivity contribution in [3.63, 3.8) is 0 Å². The smallest absolute Gasteiger partial charge is 0.0678 e. The molecule has 2 atom stereocenters. The van der Waals surface area contributed by atoms with Crippen LogP contribution in [0.4, 0.5) is 0 Å². The summed E-state index contributed by atoms with van der Waals surface area (Å²) in [5.74, 6) is 0. The molecule has 0 saturated carbocycles. The summed E-state index contributed by atoms with van der Waals surface area (Å²) in [5, 5.41) is 0. The predicted octanol–water partition coefficient (Wildman–Crippen LogP) is 2.76. The van der Waals surface area contributed by atoms with Crippen molar-refractivity contribution in [1.29, 1.82) is 0 Å². The van der Waals surface area contributed by atoms with Gasteiger partial charge in [-0.05, 0) is 45.3 Å². The van der Waals surface area contributed by atoms with Crippen LogP contribution < -0.4 is 0 Å². The number of likely N-dealkylation sites (tertiary alicyclic amines) is 1. The maximum atomic E-state index is 5.86. The average molecular weight is 288 g/mol. The monoisotopic (exact) mass is 288 g/mol. The van der Waals surface area contributed by atoms with E-state index in [2.05, 4.69) is 54.0 Å². The highest BCUT2D eigenvalue weighted by molar-refractivity contribution is 5.14. The Kier molecular flexibility index (Phi) is 4.94. The third-order valence-electron chi connectivity index (χ3n) is 4.77. The first kappa shape index (κ1) is 15.0. The van der Waals surface area contributed by atoms with Gasteiger partial charge in [-0.2, -0.15) is 0 Å². The molecule has 2 fully saturated rings. The van der Waals surface area contributed by atoms with E-state index in [9.17, 15) is 0 Å². The molecule has 3 nitrogen and oxygen atoms in total. The lowest BCUT2D eigenvalue weighted by atomic mass is 10.0. The first-order valence-corrected chi connectivity index (χ1v) is 8.36. The van der Waals surface area contributed by atoms with Crippen LogP contribution in [-0.4, -0.2) is 54.2 Å². The Labute approximate surface area is 128 Å². The van der Waals surface area contributed by atoms with Crippen molar-refractivity contribution in [2.24, 2.45) is 0 Å². The Bertz CT molecular complexity index is 418. The lowest BCUT2D eigenvalue weighted by Gasteiger charge is -2.43. The second-order valence-corrected chi connectivity index (χ2v) is 6.70. The van der Waals surface area contributed by atoms with E-state index < -0.39 is 0 Å². The molecule has 0 aromatic heterocycles. The van der Waals surface area contributed by atoms with Crippen LogP contribution in [0.3, 0.4) is 0 Å². The van der Waals surface area contributed by atoms with Crippen molar-refractivity contribution in [2.75, 3.05) is 26.2 Å². The molecule has 3 heteroatoms. The number of morpholine rings is 1. The zero-order chi connectivity index (χ0) is 14.7. The van der Waals surface area contributed by atoms with E-state index in [1.54, 1.807) is 0 Å². The van der Waals surface area contributed by atoms with Gasteiger partial charge in [-0.15, -0.1) is 0 Å². The van der Waals surface area contributed by atoms with Gasteiger partial charge in [0.2, 0.25) is 0 Å². The molecule has 0 amide bonds. The van der Waals surface area contributed by atoms with Gasteiger partial charge in [0.1, 0.15) is 0 Å². The molecule has 2 aliphatic heterocycles. The van der Waals surface area contributed by atoms with Crippen molar-refractivity contribution in [2.45, 2.75) is 51.5 Å². The number of hydrogen-bond donors (Lipinski definition) is 0.